The van der Waals surface area contributed by atoms with Gasteiger partial charge in [-0.1, -0.05) is 58.7 Å². The molecule has 0 N–H and O–H groups in total. The van der Waals surface area contributed by atoms with Crippen molar-refractivity contribution in [3.05, 3.63) is 33.3 Å². The van der Waals surface area contributed by atoms with Crippen LogP contribution in [-0.4, -0.2) is 0 Å². The molecule has 1 unspecified atom stereocenters. The molecule has 0 fully saturated rings. The van der Waals surface area contributed by atoms with Crippen LogP contribution in [0.3, 0.4) is 0 Å². The van der Waals surface area contributed by atoms with E-state index in [-0.39, 0.29) is 5.41 Å². The van der Waals surface area contributed by atoms with E-state index in [1.807, 2.05) is 0 Å². The van der Waals surface area contributed by atoms with Crippen LogP contribution in [0.4, 0.5) is 0 Å². The molecule has 0 nitrogen and oxygen atoms in total. The van der Waals surface area contributed by atoms with Crippen LogP contribution in [0.5, 0.6) is 0 Å². The van der Waals surface area contributed by atoms with E-state index in [4.69, 9.17) is 0 Å². The van der Waals surface area contributed by atoms with E-state index in [0.717, 1.165) is 6.42 Å². The van der Waals surface area contributed by atoms with Crippen LogP contribution in [0, 0.1) is 19.3 Å². The topological polar surface area (TPSA) is 0 Å². The largest absolute Gasteiger partial charge is 0.0833 e. The maximum atomic E-state index is 3.86. The first-order chi connectivity index (χ1) is 7.29. The minimum absolute atomic E-state index is 0.283. The van der Waals surface area contributed by atoms with Gasteiger partial charge in [-0.2, -0.15) is 0 Å². The van der Waals surface area contributed by atoms with Crippen molar-refractivity contribution in [2.45, 2.75) is 45.9 Å². The lowest BCUT2D eigenvalue weighted by Crippen LogP contribution is -2.17. The van der Waals surface area contributed by atoms with Gasteiger partial charge in [-0.3, -0.25) is 0 Å². The summed E-state index contributed by atoms with van der Waals surface area (Å²) in [5.74, 6) is 0. The molecule has 1 rings (SSSR count). The van der Waals surface area contributed by atoms with Crippen LogP contribution in [0.15, 0.2) is 16.6 Å². The summed E-state index contributed by atoms with van der Waals surface area (Å²) in [4.78, 5) is 0.414. The Hall–Kier alpha value is 0.180. The zero-order valence-corrected chi connectivity index (χ0v) is 13.9. The lowest BCUT2D eigenvalue weighted by Gasteiger charge is -2.30. The van der Waals surface area contributed by atoms with Crippen molar-refractivity contribution >= 4 is 31.9 Å². The van der Waals surface area contributed by atoms with E-state index in [0.29, 0.717) is 4.83 Å². The van der Waals surface area contributed by atoms with E-state index in [1.165, 1.54) is 21.2 Å². The van der Waals surface area contributed by atoms with Gasteiger partial charge in [0.05, 0.1) is 0 Å². The quantitative estimate of drug-likeness (QED) is 0.593. The molecule has 0 saturated carbocycles. The molecule has 16 heavy (non-hydrogen) atoms. The minimum atomic E-state index is 0.283. The number of halogens is 2. The average Bonchev–Trinajstić information content (AvgIpc) is 2.22. The molecule has 1 aromatic rings. The van der Waals surface area contributed by atoms with Gasteiger partial charge < -0.3 is 0 Å². The molecule has 90 valence electrons. The van der Waals surface area contributed by atoms with E-state index in [1.54, 1.807) is 0 Å². The van der Waals surface area contributed by atoms with Crippen LogP contribution < -0.4 is 0 Å². The summed E-state index contributed by atoms with van der Waals surface area (Å²) in [6.45, 7) is 11.2. The van der Waals surface area contributed by atoms with Gasteiger partial charge in [-0.15, -0.1) is 0 Å². The summed E-state index contributed by atoms with van der Waals surface area (Å²) in [5.41, 5.74) is 4.34. The molecule has 0 amide bonds. The molecule has 0 aromatic heterocycles. The van der Waals surface area contributed by atoms with Gasteiger partial charge in [0.25, 0.3) is 0 Å². The van der Waals surface area contributed by atoms with E-state index >= 15 is 0 Å². The van der Waals surface area contributed by atoms with Crippen molar-refractivity contribution in [2.75, 3.05) is 0 Å². The highest BCUT2D eigenvalue weighted by Crippen LogP contribution is 2.44. The molecular formula is C14H20Br2. The number of benzene rings is 1. The Morgan fingerprint density at radius 2 is 1.75 bits per heavy atom. The second-order valence-electron chi connectivity index (χ2n) is 5.16. The predicted molar refractivity (Wildman–Crippen MR) is 79.4 cm³/mol. The molecule has 0 saturated heterocycles. The van der Waals surface area contributed by atoms with E-state index < -0.39 is 0 Å². The average molecular weight is 348 g/mol. The third-order valence-electron chi connectivity index (χ3n) is 3.42. The smallest absolute Gasteiger partial charge is 0.0448 e. The first kappa shape index (κ1) is 14.2. The number of hydrogen-bond donors (Lipinski definition) is 0. The number of rotatable bonds is 3. The lowest BCUT2D eigenvalue weighted by atomic mass is 9.81. The highest BCUT2D eigenvalue weighted by atomic mass is 79.9. The first-order valence-corrected chi connectivity index (χ1v) is 7.41. The maximum absolute atomic E-state index is 3.86. The van der Waals surface area contributed by atoms with Crippen LogP contribution in [-0.2, 0) is 0 Å². The zero-order valence-electron chi connectivity index (χ0n) is 10.7. The van der Waals surface area contributed by atoms with Crippen molar-refractivity contribution < 1.29 is 0 Å². The first-order valence-electron chi connectivity index (χ1n) is 5.70. The standard InChI is InChI=1S/C14H20Br2/c1-6-14(4,5)13(16)11-7-10(3)12(15)8-9(11)2/h7-8,13H,6H2,1-5H3. The highest BCUT2D eigenvalue weighted by molar-refractivity contribution is 9.10. The Kier molecular flexibility index (Phi) is 4.65. The summed E-state index contributed by atoms with van der Waals surface area (Å²) < 4.78 is 1.20. The van der Waals surface area contributed by atoms with Crippen molar-refractivity contribution in [2.24, 2.45) is 5.41 Å². The fraction of sp³-hybridized carbons (Fsp3) is 0.571. The summed E-state index contributed by atoms with van der Waals surface area (Å²) in [5, 5.41) is 0. The SMILES string of the molecule is CCC(C)(C)C(Br)c1cc(C)c(Br)cc1C. The fourth-order valence-corrected chi connectivity index (χ4v) is 2.95. The van der Waals surface area contributed by atoms with Crippen LogP contribution in [0.1, 0.15) is 48.7 Å². The molecule has 0 aliphatic carbocycles. The molecule has 0 radical (unpaired) electrons. The lowest BCUT2D eigenvalue weighted by molar-refractivity contribution is 0.345. The van der Waals surface area contributed by atoms with E-state index in [2.05, 4.69) is 78.6 Å². The van der Waals surface area contributed by atoms with Crippen LogP contribution >= 0.6 is 31.9 Å². The van der Waals surface area contributed by atoms with Crippen molar-refractivity contribution in [3.63, 3.8) is 0 Å². The van der Waals surface area contributed by atoms with Gasteiger partial charge >= 0.3 is 0 Å². The summed E-state index contributed by atoms with van der Waals surface area (Å²) >= 11 is 7.44. The minimum Gasteiger partial charge on any atom is -0.0833 e. The Morgan fingerprint density at radius 1 is 1.19 bits per heavy atom. The van der Waals surface area contributed by atoms with Gasteiger partial charge in [-0.05, 0) is 48.4 Å². The van der Waals surface area contributed by atoms with Crippen molar-refractivity contribution in [3.8, 4) is 0 Å². The molecular weight excluding hydrogens is 328 g/mol. The summed E-state index contributed by atoms with van der Waals surface area (Å²) in [6.07, 6.45) is 1.16. The summed E-state index contributed by atoms with van der Waals surface area (Å²) in [6, 6.07) is 4.50. The number of hydrogen-bond acceptors (Lipinski definition) is 0. The van der Waals surface area contributed by atoms with Crippen molar-refractivity contribution in [1.29, 1.82) is 0 Å². The summed E-state index contributed by atoms with van der Waals surface area (Å²) in [7, 11) is 0. The number of aryl methyl sites for hydroxylation is 2. The Morgan fingerprint density at radius 3 is 2.25 bits per heavy atom. The van der Waals surface area contributed by atoms with Crippen molar-refractivity contribution in [1.82, 2.24) is 0 Å². The fourth-order valence-electron chi connectivity index (χ4n) is 1.68. The maximum Gasteiger partial charge on any atom is 0.0448 e. The molecule has 1 aromatic carbocycles. The van der Waals surface area contributed by atoms with Gasteiger partial charge in [-0.25, -0.2) is 0 Å². The molecule has 0 spiro atoms. The zero-order chi connectivity index (χ0) is 12.5. The Balaban J connectivity index is 3.19. The second-order valence-corrected chi connectivity index (χ2v) is 6.93. The monoisotopic (exact) mass is 346 g/mol. The second kappa shape index (κ2) is 5.22. The molecule has 0 heterocycles. The van der Waals surface area contributed by atoms with Gasteiger partial charge in [0.2, 0.25) is 0 Å². The van der Waals surface area contributed by atoms with E-state index in [9.17, 15) is 0 Å². The predicted octanol–water partition coefficient (Wildman–Crippen LogP) is 5.94. The Bertz CT molecular complexity index is 381. The van der Waals surface area contributed by atoms with Crippen LogP contribution in [0.25, 0.3) is 0 Å². The third kappa shape index (κ3) is 2.89. The molecule has 0 bridgehead atoms. The van der Waals surface area contributed by atoms with Crippen LogP contribution in [0.2, 0.25) is 0 Å². The molecule has 1 atom stereocenters. The van der Waals surface area contributed by atoms with Gasteiger partial charge in [0.15, 0.2) is 0 Å². The van der Waals surface area contributed by atoms with Gasteiger partial charge in [0.1, 0.15) is 0 Å². The normalized spacial score (nSPS) is 13.9. The molecule has 0 aliphatic rings. The molecule has 2 heteroatoms. The third-order valence-corrected chi connectivity index (χ3v) is 6.00. The number of alkyl halides is 1. The highest BCUT2D eigenvalue weighted by Gasteiger charge is 2.28. The van der Waals surface area contributed by atoms with Gasteiger partial charge in [0, 0.05) is 9.30 Å². The molecule has 0 aliphatic heterocycles. The Labute approximate surface area is 116 Å².